The third-order valence-electron chi connectivity index (χ3n) is 3.12. The highest BCUT2D eigenvalue weighted by Gasteiger charge is 2.44. The Morgan fingerprint density at radius 2 is 2.21 bits per heavy atom. The maximum atomic E-state index is 11.3. The lowest BCUT2D eigenvalue weighted by atomic mass is 10.0. The first kappa shape index (κ1) is 9.77. The Hall–Kier alpha value is -0.770. The number of rotatable bonds is 0. The molecule has 1 heterocycles. The third-order valence-corrected chi connectivity index (χ3v) is 3.12. The maximum absolute atomic E-state index is 11.3. The molecule has 14 heavy (non-hydrogen) atoms. The van der Waals surface area contributed by atoms with Crippen LogP contribution in [-0.2, 0) is 4.74 Å². The van der Waals surface area contributed by atoms with Crippen LogP contribution in [0.2, 0.25) is 0 Å². The summed E-state index contributed by atoms with van der Waals surface area (Å²) in [7, 11) is 0. The van der Waals surface area contributed by atoms with Crippen LogP contribution >= 0.6 is 0 Å². The molecular formula is C10H18N2O2. The molecule has 2 fully saturated rings. The fraction of sp³-hybridized carbons (Fsp3) is 0.900. The van der Waals surface area contributed by atoms with E-state index in [1.165, 1.54) is 0 Å². The van der Waals surface area contributed by atoms with E-state index in [1.807, 2.05) is 13.8 Å². The Morgan fingerprint density at radius 1 is 1.50 bits per heavy atom. The molecule has 2 atom stereocenters. The van der Waals surface area contributed by atoms with Gasteiger partial charge in [0.25, 0.3) is 0 Å². The standard InChI is InChI=1S/C10H18N2O2/c1-10(2)6-12(9(11)13)7-4-3-5-8(7)14-10/h7-8H,3-6H2,1-2H3,(H2,11,13)/t7-,8-/m1/s1. The van der Waals surface area contributed by atoms with Crippen LogP contribution in [0.4, 0.5) is 4.79 Å². The number of hydrogen-bond donors (Lipinski definition) is 1. The molecule has 0 aromatic heterocycles. The van der Waals surface area contributed by atoms with Gasteiger partial charge in [-0.15, -0.1) is 0 Å². The zero-order chi connectivity index (χ0) is 10.3. The van der Waals surface area contributed by atoms with E-state index in [0.717, 1.165) is 19.3 Å². The van der Waals surface area contributed by atoms with E-state index in [2.05, 4.69) is 0 Å². The van der Waals surface area contributed by atoms with Crippen molar-refractivity contribution in [2.75, 3.05) is 6.54 Å². The minimum atomic E-state index is -0.307. The van der Waals surface area contributed by atoms with Crippen molar-refractivity contribution < 1.29 is 9.53 Å². The molecule has 0 spiro atoms. The summed E-state index contributed by atoms with van der Waals surface area (Å²) in [6.45, 7) is 4.64. The number of carbonyl (C=O) groups is 1. The molecule has 0 aromatic carbocycles. The predicted octanol–water partition coefficient (Wildman–Crippen LogP) is 1.10. The number of urea groups is 1. The van der Waals surface area contributed by atoms with E-state index in [-0.39, 0.29) is 23.8 Å². The number of ether oxygens (including phenoxy) is 1. The molecule has 1 aliphatic heterocycles. The van der Waals surface area contributed by atoms with Crippen molar-refractivity contribution in [3.05, 3.63) is 0 Å². The molecule has 2 aliphatic rings. The molecule has 4 heteroatoms. The molecule has 0 radical (unpaired) electrons. The van der Waals surface area contributed by atoms with Crippen molar-refractivity contribution in [2.45, 2.75) is 50.9 Å². The summed E-state index contributed by atoms with van der Waals surface area (Å²) >= 11 is 0. The van der Waals surface area contributed by atoms with Crippen molar-refractivity contribution in [3.8, 4) is 0 Å². The van der Waals surface area contributed by atoms with Crippen LogP contribution in [-0.4, -0.2) is 35.2 Å². The van der Waals surface area contributed by atoms with Crippen molar-refractivity contribution in [1.82, 2.24) is 4.90 Å². The number of hydrogen-bond acceptors (Lipinski definition) is 2. The minimum absolute atomic E-state index is 0.200. The molecule has 80 valence electrons. The zero-order valence-corrected chi connectivity index (χ0v) is 8.82. The quantitative estimate of drug-likeness (QED) is 0.633. The van der Waals surface area contributed by atoms with Crippen molar-refractivity contribution in [2.24, 2.45) is 5.73 Å². The highest BCUT2D eigenvalue weighted by molar-refractivity contribution is 5.72. The number of nitrogens with two attached hydrogens (primary N) is 1. The Balaban J connectivity index is 2.18. The third kappa shape index (κ3) is 1.59. The molecule has 0 unspecified atom stereocenters. The largest absolute Gasteiger partial charge is 0.368 e. The van der Waals surface area contributed by atoms with Gasteiger partial charge in [-0.2, -0.15) is 0 Å². The highest BCUT2D eigenvalue weighted by atomic mass is 16.5. The van der Waals surface area contributed by atoms with Gasteiger partial charge in [-0.1, -0.05) is 0 Å². The van der Waals surface area contributed by atoms with Crippen LogP contribution in [0.5, 0.6) is 0 Å². The molecule has 0 aromatic rings. The molecule has 1 saturated heterocycles. The Labute approximate surface area is 84.4 Å². The second-order valence-electron chi connectivity index (χ2n) is 4.88. The van der Waals surface area contributed by atoms with Gasteiger partial charge in [0, 0.05) is 0 Å². The van der Waals surface area contributed by atoms with Gasteiger partial charge in [-0.05, 0) is 33.1 Å². The summed E-state index contributed by atoms with van der Waals surface area (Å²) < 4.78 is 5.93. The molecule has 2 amide bonds. The fourth-order valence-corrected chi connectivity index (χ4v) is 2.62. The number of carbonyl (C=O) groups excluding carboxylic acids is 1. The number of nitrogens with zero attached hydrogens (tertiary/aromatic N) is 1. The molecule has 1 aliphatic carbocycles. The normalized spacial score (nSPS) is 35.4. The first-order chi connectivity index (χ1) is 6.49. The summed E-state index contributed by atoms with van der Waals surface area (Å²) in [6, 6.07) is -0.0844. The fourth-order valence-electron chi connectivity index (χ4n) is 2.62. The lowest BCUT2D eigenvalue weighted by Crippen LogP contribution is -2.59. The number of primary amides is 1. The average molecular weight is 198 g/mol. The second-order valence-corrected chi connectivity index (χ2v) is 4.88. The molecule has 2 rings (SSSR count). The number of fused-ring (bicyclic) bond motifs is 1. The lowest BCUT2D eigenvalue weighted by Gasteiger charge is -2.45. The Bertz CT molecular complexity index is 253. The zero-order valence-electron chi connectivity index (χ0n) is 8.82. The van der Waals surface area contributed by atoms with Crippen LogP contribution in [0.15, 0.2) is 0 Å². The summed E-state index contributed by atoms with van der Waals surface area (Å²) in [4.78, 5) is 13.1. The number of amides is 2. The van der Waals surface area contributed by atoms with Crippen molar-refractivity contribution >= 4 is 6.03 Å². The van der Waals surface area contributed by atoms with Crippen LogP contribution in [0.1, 0.15) is 33.1 Å². The minimum Gasteiger partial charge on any atom is -0.368 e. The first-order valence-electron chi connectivity index (χ1n) is 5.23. The molecule has 0 bridgehead atoms. The summed E-state index contributed by atoms with van der Waals surface area (Å²) in [5, 5.41) is 0. The Morgan fingerprint density at radius 3 is 2.86 bits per heavy atom. The van der Waals surface area contributed by atoms with Gasteiger partial charge in [0.05, 0.1) is 24.3 Å². The SMILES string of the molecule is CC1(C)CN(C(N)=O)[C@@H]2CCC[C@H]2O1. The van der Waals surface area contributed by atoms with Crippen LogP contribution in [0.25, 0.3) is 0 Å². The van der Waals surface area contributed by atoms with Gasteiger partial charge in [-0.3, -0.25) is 0 Å². The topological polar surface area (TPSA) is 55.6 Å². The van der Waals surface area contributed by atoms with Crippen LogP contribution < -0.4 is 5.73 Å². The van der Waals surface area contributed by atoms with Crippen molar-refractivity contribution in [3.63, 3.8) is 0 Å². The van der Waals surface area contributed by atoms with Crippen LogP contribution in [0.3, 0.4) is 0 Å². The van der Waals surface area contributed by atoms with E-state index in [4.69, 9.17) is 10.5 Å². The lowest BCUT2D eigenvalue weighted by molar-refractivity contribution is -0.140. The van der Waals surface area contributed by atoms with E-state index in [1.54, 1.807) is 4.90 Å². The average Bonchev–Trinajstić information content (AvgIpc) is 2.47. The first-order valence-corrected chi connectivity index (χ1v) is 5.23. The van der Waals surface area contributed by atoms with Crippen molar-refractivity contribution in [1.29, 1.82) is 0 Å². The Kier molecular flexibility index (Phi) is 2.18. The van der Waals surface area contributed by atoms with Gasteiger partial charge in [0.15, 0.2) is 0 Å². The van der Waals surface area contributed by atoms with E-state index < -0.39 is 0 Å². The molecule has 1 saturated carbocycles. The van der Waals surface area contributed by atoms with Gasteiger partial charge >= 0.3 is 6.03 Å². The number of morpholine rings is 1. The molecule has 2 N–H and O–H groups in total. The van der Waals surface area contributed by atoms with E-state index in [0.29, 0.717) is 6.54 Å². The van der Waals surface area contributed by atoms with Gasteiger partial charge in [0.2, 0.25) is 0 Å². The van der Waals surface area contributed by atoms with Gasteiger partial charge < -0.3 is 15.4 Å². The molecule has 4 nitrogen and oxygen atoms in total. The smallest absolute Gasteiger partial charge is 0.315 e. The summed E-state index contributed by atoms with van der Waals surface area (Å²) in [5.74, 6) is 0. The molecular weight excluding hydrogens is 180 g/mol. The van der Waals surface area contributed by atoms with Crippen LogP contribution in [0, 0.1) is 0 Å². The summed E-state index contributed by atoms with van der Waals surface area (Å²) in [6.07, 6.45) is 3.42. The highest BCUT2D eigenvalue weighted by Crippen LogP contribution is 2.35. The van der Waals surface area contributed by atoms with Gasteiger partial charge in [-0.25, -0.2) is 4.79 Å². The van der Waals surface area contributed by atoms with Gasteiger partial charge in [0.1, 0.15) is 0 Å². The van der Waals surface area contributed by atoms with E-state index >= 15 is 0 Å². The predicted molar refractivity (Wildman–Crippen MR) is 52.9 cm³/mol. The van der Waals surface area contributed by atoms with E-state index in [9.17, 15) is 4.79 Å². The monoisotopic (exact) mass is 198 g/mol. The maximum Gasteiger partial charge on any atom is 0.315 e. The summed E-state index contributed by atoms with van der Waals surface area (Å²) in [5.41, 5.74) is 5.13. The second kappa shape index (κ2) is 3.12.